The molecule has 0 bridgehead atoms. The van der Waals surface area contributed by atoms with Crippen LogP contribution in [-0.2, 0) is 11.4 Å². The zero-order valence-corrected chi connectivity index (χ0v) is 19.8. The molecule has 11 heteroatoms. The number of nitrogens with zero attached hydrogens (tertiary/aromatic N) is 5. The fourth-order valence-corrected chi connectivity index (χ4v) is 4.14. The molecule has 1 amide bonds. The predicted octanol–water partition coefficient (Wildman–Crippen LogP) is 3.72. The minimum atomic E-state index is -0.496. The Morgan fingerprint density at radius 1 is 1.17 bits per heavy atom. The number of nitrogens with two attached hydrogens (primary N) is 1. The van der Waals surface area contributed by atoms with Crippen molar-refractivity contribution in [2.24, 2.45) is 0 Å². The standard InChI is InChI=1S/C24H22FN7O2S/c1-15-16(2)31(17-8-4-3-5-9-17)23(18(15)12-26)28-22(33)14-35-24-30-29-21(32(24)27)13-34-20-11-7-6-10-19(20)25/h3-11H,13-14,27H2,1-2H3,(H,28,33). The maximum absolute atomic E-state index is 13.7. The van der Waals surface area contributed by atoms with E-state index in [9.17, 15) is 14.4 Å². The molecule has 0 aliphatic carbocycles. The van der Waals surface area contributed by atoms with Crippen LogP contribution in [0.1, 0.15) is 22.6 Å². The van der Waals surface area contributed by atoms with E-state index >= 15 is 0 Å². The molecule has 2 heterocycles. The highest BCUT2D eigenvalue weighted by Gasteiger charge is 2.21. The van der Waals surface area contributed by atoms with Gasteiger partial charge in [0.05, 0.1) is 11.3 Å². The van der Waals surface area contributed by atoms with Crippen LogP contribution in [0.2, 0.25) is 0 Å². The van der Waals surface area contributed by atoms with E-state index in [0.717, 1.165) is 28.7 Å². The van der Waals surface area contributed by atoms with Gasteiger partial charge >= 0.3 is 0 Å². The summed E-state index contributed by atoms with van der Waals surface area (Å²) in [6, 6.07) is 17.7. The topological polar surface area (TPSA) is 124 Å². The van der Waals surface area contributed by atoms with E-state index < -0.39 is 5.82 Å². The number of carbonyl (C=O) groups excluding carboxylic acids is 1. The number of thioether (sulfide) groups is 1. The maximum Gasteiger partial charge on any atom is 0.236 e. The quantitative estimate of drug-likeness (QED) is 0.284. The molecule has 0 atom stereocenters. The van der Waals surface area contributed by atoms with Crippen LogP contribution >= 0.6 is 11.8 Å². The van der Waals surface area contributed by atoms with Gasteiger partial charge in [-0.15, -0.1) is 10.2 Å². The second kappa shape index (κ2) is 10.3. The lowest BCUT2D eigenvalue weighted by Crippen LogP contribution is -2.19. The number of nitrogen functional groups attached to an aromatic ring is 1. The van der Waals surface area contributed by atoms with E-state index in [2.05, 4.69) is 21.6 Å². The molecule has 0 saturated heterocycles. The third-order valence-electron chi connectivity index (χ3n) is 5.36. The number of amides is 1. The summed E-state index contributed by atoms with van der Waals surface area (Å²) in [6.07, 6.45) is 0. The number of hydrogen-bond acceptors (Lipinski definition) is 7. The molecular formula is C24H22FN7O2S. The summed E-state index contributed by atoms with van der Waals surface area (Å²) in [5, 5.41) is 20.8. The van der Waals surface area contributed by atoms with Gasteiger partial charge in [-0.25, -0.2) is 9.07 Å². The Balaban J connectivity index is 1.45. The minimum Gasteiger partial charge on any atom is -0.482 e. The van der Waals surface area contributed by atoms with Gasteiger partial charge in [-0.05, 0) is 43.7 Å². The molecule has 35 heavy (non-hydrogen) atoms. The van der Waals surface area contributed by atoms with Gasteiger partial charge in [0.1, 0.15) is 18.5 Å². The monoisotopic (exact) mass is 491 g/mol. The van der Waals surface area contributed by atoms with E-state index in [1.54, 1.807) is 12.1 Å². The fraction of sp³-hybridized carbons (Fsp3) is 0.167. The molecule has 4 rings (SSSR count). The Labute approximate surface area is 205 Å². The van der Waals surface area contributed by atoms with Crippen molar-refractivity contribution in [1.29, 1.82) is 5.26 Å². The number of carbonyl (C=O) groups is 1. The van der Waals surface area contributed by atoms with Crippen molar-refractivity contribution in [2.75, 3.05) is 16.9 Å². The van der Waals surface area contributed by atoms with Crippen LogP contribution in [0, 0.1) is 31.0 Å². The number of para-hydroxylation sites is 2. The molecule has 0 aliphatic heterocycles. The Morgan fingerprint density at radius 2 is 1.89 bits per heavy atom. The first-order valence-electron chi connectivity index (χ1n) is 10.6. The van der Waals surface area contributed by atoms with Gasteiger partial charge in [-0.3, -0.25) is 9.36 Å². The van der Waals surface area contributed by atoms with Crippen LogP contribution in [0.5, 0.6) is 5.75 Å². The lowest BCUT2D eigenvalue weighted by atomic mass is 10.2. The second-order valence-corrected chi connectivity index (χ2v) is 8.48. The van der Waals surface area contributed by atoms with Crippen molar-refractivity contribution in [3.8, 4) is 17.5 Å². The third kappa shape index (κ3) is 4.97. The SMILES string of the molecule is Cc1c(C#N)c(NC(=O)CSc2nnc(COc3ccccc3F)n2N)n(-c2ccccc2)c1C. The van der Waals surface area contributed by atoms with Gasteiger partial charge in [0, 0.05) is 11.4 Å². The number of halogens is 1. The number of nitriles is 1. The van der Waals surface area contributed by atoms with Crippen molar-refractivity contribution in [1.82, 2.24) is 19.4 Å². The van der Waals surface area contributed by atoms with Crippen LogP contribution in [0.3, 0.4) is 0 Å². The molecule has 0 fully saturated rings. The molecule has 0 aliphatic rings. The summed E-state index contributed by atoms with van der Waals surface area (Å²) >= 11 is 1.08. The Kier molecular flexibility index (Phi) is 7.03. The van der Waals surface area contributed by atoms with E-state index in [1.807, 2.05) is 48.7 Å². The molecule has 0 unspecified atom stereocenters. The molecule has 9 nitrogen and oxygen atoms in total. The van der Waals surface area contributed by atoms with Crippen molar-refractivity contribution >= 4 is 23.5 Å². The van der Waals surface area contributed by atoms with Crippen LogP contribution < -0.4 is 15.9 Å². The lowest BCUT2D eigenvalue weighted by molar-refractivity contribution is -0.113. The third-order valence-corrected chi connectivity index (χ3v) is 6.30. The molecule has 178 valence electrons. The molecule has 4 aromatic rings. The number of anilines is 1. The molecule has 0 saturated carbocycles. The van der Waals surface area contributed by atoms with Crippen molar-refractivity contribution in [2.45, 2.75) is 25.6 Å². The average Bonchev–Trinajstić information content (AvgIpc) is 3.33. The van der Waals surface area contributed by atoms with Crippen molar-refractivity contribution < 1.29 is 13.9 Å². The van der Waals surface area contributed by atoms with Gasteiger partial charge in [-0.1, -0.05) is 42.1 Å². The average molecular weight is 492 g/mol. The zero-order chi connectivity index (χ0) is 24.9. The number of aromatic nitrogens is 4. The number of hydrogen-bond donors (Lipinski definition) is 2. The molecule has 3 N–H and O–H groups in total. The first kappa shape index (κ1) is 23.8. The van der Waals surface area contributed by atoms with Crippen LogP contribution in [-0.4, -0.2) is 31.1 Å². The Morgan fingerprint density at radius 3 is 2.60 bits per heavy atom. The fourth-order valence-electron chi connectivity index (χ4n) is 3.47. The van der Waals surface area contributed by atoms with E-state index in [0.29, 0.717) is 16.5 Å². The number of nitrogens with one attached hydrogen (secondary N) is 1. The highest BCUT2D eigenvalue weighted by Crippen LogP contribution is 2.30. The minimum absolute atomic E-state index is 0.0214. The molecule has 0 spiro atoms. The van der Waals surface area contributed by atoms with Crippen molar-refractivity contribution in [3.63, 3.8) is 0 Å². The van der Waals surface area contributed by atoms with Crippen molar-refractivity contribution in [3.05, 3.63) is 83.1 Å². The molecular weight excluding hydrogens is 469 g/mol. The number of ether oxygens (including phenoxy) is 1. The summed E-state index contributed by atoms with van der Waals surface area (Å²) in [7, 11) is 0. The predicted molar refractivity (Wildman–Crippen MR) is 130 cm³/mol. The maximum atomic E-state index is 13.7. The largest absolute Gasteiger partial charge is 0.482 e. The first-order chi connectivity index (χ1) is 16.9. The highest BCUT2D eigenvalue weighted by molar-refractivity contribution is 7.99. The number of benzene rings is 2. The molecule has 2 aromatic carbocycles. The van der Waals surface area contributed by atoms with Crippen LogP contribution in [0.4, 0.5) is 10.2 Å². The first-order valence-corrected chi connectivity index (χ1v) is 11.6. The van der Waals surface area contributed by atoms with E-state index in [4.69, 9.17) is 10.6 Å². The second-order valence-electron chi connectivity index (χ2n) is 7.54. The van der Waals surface area contributed by atoms with Gasteiger partial charge in [-0.2, -0.15) is 5.26 Å². The van der Waals surface area contributed by atoms with E-state index in [-0.39, 0.29) is 29.8 Å². The summed E-state index contributed by atoms with van der Waals surface area (Å²) in [4.78, 5) is 12.8. The van der Waals surface area contributed by atoms with Crippen LogP contribution in [0.25, 0.3) is 5.69 Å². The summed E-state index contributed by atoms with van der Waals surface area (Å²) < 4.78 is 22.2. The molecule has 0 radical (unpaired) electrons. The smallest absolute Gasteiger partial charge is 0.236 e. The van der Waals surface area contributed by atoms with Gasteiger partial charge < -0.3 is 15.9 Å². The van der Waals surface area contributed by atoms with Gasteiger partial charge in [0.2, 0.25) is 11.1 Å². The van der Waals surface area contributed by atoms with Gasteiger partial charge in [0.25, 0.3) is 0 Å². The number of rotatable bonds is 8. The summed E-state index contributed by atoms with van der Waals surface area (Å²) in [6.45, 7) is 3.65. The normalized spacial score (nSPS) is 10.7. The Hall–Kier alpha value is -4.30. The van der Waals surface area contributed by atoms with Crippen LogP contribution in [0.15, 0.2) is 59.8 Å². The Bertz CT molecular complexity index is 1410. The summed E-state index contributed by atoms with van der Waals surface area (Å²) in [5.41, 5.74) is 2.88. The summed E-state index contributed by atoms with van der Waals surface area (Å²) in [5.74, 6) is 5.93. The molecule has 2 aromatic heterocycles. The van der Waals surface area contributed by atoms with Gasteiger partial charge in [0.15, 0.2) is 17.4 Å². The van der Waals surface area contributed by atoms with E-state index in [1.165, 1.54) is 16.8 Å². The highest BCUT2D eigenvalue weighted by atomic mass is 32.2. The zero-order valence-electron chi connectivity index (χ0n) is 19.0. The lowest BCUT2D eigenvalue weighted by Gasteiger charge is -2.13.